The van der Waals surface area contributed by atoms with Crippen LogP contribution in [0.5, 0.6) is 0 Å². The molecule has 2 aromatic carbocycles. The molecule has 0 saturated carbocycles. The molecule has 0 unspecified atom stereocenters. The maximum Gasteiger partial charge on any atom is 0.251 e. The average Bonchev–Trinajstić information content (AvgIpc) is 3.05. The highest BCUT2D eigenvalue weighted by Crippen LogP contribution is 2.29. The Labute approximate surface area is 158 Å². The molecule has 2 amide bonds. The van der Waals surface area contributed by atoms with Gasteiger partial charge in [-0.1, -0.05) is 12.1 Å². The summed E-state index contributed by atoms with van der Waals surface area (Å²) in [7, 11) is 3.79. The molecule has 0 aromatic heterocycles. The van der Waals surface area contributed by atoms with Crippen LogP contribution in [0.1, 0.15) is 34.5 Å². The maximum atomic E-state index is 13.5. The van der Waals surface area contributed by atoms with Crippen molar-refractivity contribution in [1.29, 1.82) is 0 Å². The molecule has 0 saturated heterocycles. The topological polar surface area (TPSA) is 52.7 Å². The number of amides is 2. The quantitative estimate of drug-likeness (QED) is 0.882. The van der Waals surface area contributed by atoms with E-state index in [0.717, 1.165) is 23.2 Å². The number of nitrogens with zero attached hydrogens (tertiary/aromatic N) is 2. The Morgan fingerprint density at radius 2 is 2.00 bits per heavy atom. The van der Waals surface area contributed by atoms with E-state index in [4.69, 9.17) is 0 Å². The summed E-state index contributed by atoms with van der Waals surface area (Å²) in [6, 6.07) is 11.7. The second kappa shape index (κ2) is 7.88. The van der Waals surface area contributed by atoms with Crippen LogP contribution < -0.4 is 10.2 Å². The van der Waals surface area contributed by atoms with Crippen LogP contribution in [0.2, 0.25) is 0 Å². The number of nitrogens with one attached hydrogen (secondary N) is 1. The summed E-state index contributed by atoms with van der Waals surface area (Å²) in [4.78, 5) is 27.9. The molecule has 1 aliphatic rings. The summed E-state index contributed by atoms with van der Waals surface area (Å²) in [5, 5.41) is 2.94. The zero-order valence-corrected chi connectivity index (χ0v) is 15.8. The third-order valence-corrected chi connectivity index (χ3v) is 4.93. The second-order valence-electron chi connectivity index (χ2n) is 7.01. The standard InChI is InChI=1S/C21H24FN3O2/c1-14(26)25-10-9-16-11-17(7-8-19(16)25)21(27)23-13-20(24(2)3)15-5-4-6-18(22)12-15/h4-8,11-12,20H,9-10,13H2,1-3H3,(H,23,27)/t20-/m1/s1. The molecule has 5 nitrogen and oxygen atoms in total. The molecule has 1 N–H and O–H groups in total. The molecule has 6 heteroatoms. The van der Waals surface area contributed by atoms with Gasteiger partial charge in [0.1, 0.15) is 5.82 Å². The van der Waals surface area contributed by atoms with Crippen LogP contribution in [0.15, 0.2) is 42.5 Å². The summed E-state index contributed by atoms with van der Waals surface area (Å²) < 4.78 is 13.5. The van der Waals surface area contributed by atoms with Crippen LogP contribution in [0.4, 0.5) is 10.1 Å². The fraction of sp³-hybridized carbons (Fsp3) is 0.333. The fourth-order valence-corrected chi connectivity index (χ4v) is 3.47. The van der Waals surface area contributed by atoms with Crippen LogP contribution in [0.25, 0.3) is 0 Å². The number of halogens is 1. The van der Waals surface area contributed by atoms with Crippen molar-refractivity contribution in [3.8, 4) is 0 Å². The SMILES string of the molecule is CC(=O)N1CCc2cc(C(=O)NC[C@H](c3cccc(F)c3)N(C)C)ccc21. The smallest absolute Gasteiger partial charge is 0.251 e. The molecule has 1 atom stereocenters. The number of fused-ring (bicyclic) bond motifs is 1. The van der Waals surface area contributed by atoms with Crippen molar-refractivity contribution < 1.29 is 14.0 Å². The molecule has 1 heterocycles. The number of hydrogen-bond donors (Lipinski definition) is 1. The third kappa shape index (κ3) is 4.17. The molecule has 0 spiro atoms. The minimum absolute atomic E-state index is 0.00914. The summed E-state index contributed by atoms with van der Waals surface area (Å²) in [6.45, 7) is 2.56. The summed E-state index contributed by atoms with van der Waals surface area (Å²) in [5.74, 6) is -0.462. The van der Waals surface area contributed by atoms with Crippen LogP contribution in [0.3, 0.4) is 0 Å². The zero-order valence-electron chi connectivity index (χ0n) is 15.8. The van der Waals surface area contributed by atoms with Gasteiger partial charge < -0.3 is 15.1 Å². The molecule has 2 aromatic rings. The first-order valence-electron chi connectivity index (χ1n) is 8.98. The van der Waals surface area contributed by atoms with Crippen LogP contribution in [0, 0.1) is 5.82 Å². The molecule has 1 aliphatic heterocycles. The minimum atomic E-state index is -0.292. The van der Waals surface area contributed by atoms with Crippen molar-refractivity contribution in [2.75, 3.05) is 32.1 Å². The largest absolute Gasteiger partial charge is 0.350 e. The summed E-state index contributed by atoms with van der Waals surface area (Å²) in [6.07, 6.45) is 0.750. The summed E-state index contributed by atoms with van der Waals surface area (Å²) >= 11 is 0. The van der Waals surface area contributed by atoms with Gasteiger partial charge in [-0.05, 0) is 62.0 Å². The first-order chi connectivity index (χ1) is 12.9. The monoisotopic (exact) mass is 369 g/mol. The summed E-state index contributed by atoms with van der Waals surface area (Å²) in [5.41, 5.74) is 3.26. The van der Waals surface area contributed by atoms with Crippen molar-refractivity contribution in [1.82, 2.24) is 10.2 Å². The Balaban J connectivity index is 1.71. The Morgan fingerprint density at radius 3 is 2.67 bits per heavy atom. The number of benzene rings is 2. The number of hydrogen-bond acceptors (Lipinski definition) is 3. The lowest BCUT2D eigenvalue weighted by Crippen LogP contribution is -2.34. The van der Waals surface area contributed by atoms with E-state index in [-0.39, 0.29) is 23.7 Å². The molecule has 3 rings (SSSR count). The van der Waals surface area contributed by atoms with E-state index in [1.54, 1.807) is 24.0 Å². The van der Waals surface area contributed by atoms with E-state index in [1.807, 2.05) is 37.2 Å². The van der Waals surface area contributed by atoms with Gasteiger partial charge in [0.05, 0.1) is 6.04 Å². The Bertz CT molecular complexity index is 866. The second-order valence-corrected chi connectivity index (χ2v) is 7.01. The lowest BCUT2D eigenvalue weighted by molar-refractivity contribution is -0.116. The number of carbonyl (C=O) groups is 2. The predicted octanol–water partition coefficient (Wildman–Crippen LogP) is 2.77. The fourth-order valence-electron chi connectivity index (χ4n) is 3.47. The minimum Gasteiger partial charge on any atom is -0.350 e. The van der Waals surface area contributed by atoms with Crippen molar-refractivity contribution in [2.45, 2.75) is 19.4 Å². The molecule has 27 heavy (non-hydrogen) atoms. The van der Waals surface area contributed by atoms with Gasteiger partial charge in [0.2, 0.25) is 5.91 Å². The predicted molar refractivity (Wildman–Crippen MR) is 103 cm³/mol. The maximum absolute atomic E-state index is 13.5. The molecule has 142 valence electrons. The van der Waals surface area contributed by atoms with E-state index in [2.05, 4.69) is 5.32 Å². The number of anilines is 1. The molecular weight excluding hydrogens is 345 g/mol. The highest BCUT2D eigenvalue weighted by molar-refractivity contribution is 5.97. The van der Waals surface area contributed by atoms with Crippen LogP contribution in [-0.2, 0) is 11.2 Å². The molecular formula is C21H24FN3O2. The average molecular weight is 369 g/mol. The van der Waals surface area contributed by atoms with E-state index in [0.29, 0.717) is 18.7 Å². The number of rotatable bonds is 5. The molecule has 0 fully saturated rings. The normalized spacial score (nSPS) is 14.2. The van der Waals surface area contributed by atoms with Crippen molar-refractivity contribution in [2.24, 2.45) is 0 Å². The van der Waals surface area contributed by atoms with Gasteiger partial charge in [0.15, 0.2) is 0 Å². The van der Waals surface area contributed by atoms with Crippen LogP contribution in [-0.4, -0.2) is 43.9 Å². The van der Waals surface area contributed by atoms with Gasteiger partial charge in [-0.25, -0.2) is 4.39 Å². The van der Waals surface area contributed by atoms with E-state index in [9.17, 15) is 14.0 Å². The van der Waals surface area contributed by atoms with E-state index < -0.39 is 0 Å². The Morgan fingerprint density at radius 1 is 1.22 bits per heavy atom. The first kappa shape index (κ1) is 19.0. The van der Waals surface area contributed by atoms with Crippen LogP contribution >= 0.6 is 0 Å². The lowest BCUT2D eigenvalue weighted by Gasteiger charge is -2.25. The highest BCUT2D eigenvalue weighted by Gasteiger charge is 2.23. The first-order valence-corrected chi connectivity index (χ1v) is 8.98. The van der Waals surface area contributed by atoms with Gasteiger partial charge in [0.25, 0.3) is 5.91 Å². The number of carbonyl (C=O) groups excluding carboxylic acids is 2. The van der Waals surface area contributed by atoms with Crippen molar-refractivity contribution >= 4 is 17.5 Å². The van der Waals surface area contributed by atoms with Crippen molar-refractivity contribution in [3.63, 3.8) is 0 Å². The van der Waals surface area contributed by atoms with Gasteiger partial charge >= 0.3 is 0 Å². The molecule has 0 bridgehead atoms. The van der Waals surface area contributed by atoms with Gasteiger partial charge in [-0.15, -0.1) is 0 Å². The van der Waals surface area contributed by atoms with E-state index >= 15 is 0 Å². The van der Waals surface area contributed by atoms with Crippen molar-refractivity contribution in [3.05, 3.63) is 65.0 Å². The lowest BCUT2D eigenvalue weighted by atomic mass is 10.0. The molecule has 0 radical (unpaired) electrons. The van der Waals surface area contributed by atoms with Gasteiger partial charge in [-0.3, -0.25) is 9.59 Å². The zero-order chi connectivity index (χ0) is 19.6. The van der Waals surface area contributed by atoms with Gasteiger partial charge in [-0.2, -0.15) is 0 Å². The number of likely N-dealkylation sites (N-methyl/N-ethyl adjacent to an activating group) is 1. The Hall–Kier alpha value is -2.73. The van der Waals surface area contributed by atoms with Gasteiger partial charge in [0, 0.05) is 31.3 Å². The molecule has 0 aliphatic carbocycles. The highest BCUT2D eigenvalue weighted by atomic mass is 19.1. The third-order valence-electron chi connectivity index (χ3n) is 4.93. The van der Waals surface area contributed by atoms with E-state index in [1.165, 1.54) is 12.1 Å². The Kier molecular flexibility index (Phi) is 5.56.